The Kier molecular flexibility index (Phi) is 7.30. The highest BCUT2D eigenvalue weighted by Crippen LogP contribution is 2.51. The number of methoxy groups -OCH3 is 2. The van der Waals surface area contributed by atoms with E-state index in [0.29, 0.717) is 28.4 Å². The second-order valence-electron chi connectivity index (χ2n) is 10.6. The molecule has 0 spiro atoms. The maximum atomic E-state index is 13.9. The quantitative estimate of drug-likeness (QED) is 0.264. The molecule has 1 fully saturated rings. The van der Waals surface area contributed by atoms with Gasteiger partial charge in [-0.2, -0.15) is 0 Å². The standard InChI is InChI=1S/C29H32O13/c1-12(10-39-28-25(33)24(32)23(31)21(9-30)41-28)17-6-14-16(40-17)5-4-13-26(14)42-22-11-38-18-8-20(37-3)19(36-2)7-15(18)29(22,35)27(13)34/h4-5,7-8,17,21-25,28,30-33,35H,1,6,9-11H2,2-3H3/t17-,21-,22-,23-,24+,25-,28-,29-/m1/s1. The summed E-state index contributed by atoms with van der Waals surface area (Å²) in [5.41, 5.74) is -0.565. The topological polar surface area (TPSA) is 183 Å². The number of ketones is 1. The molecule has 42 heavy (non-hydrogen) atoms. The Balaban J connectivity index is 1.21. The fourth-order valence-corrected chi connectivity index (χ4v) is 5.79. The highest BCUT2D eigenvalue weighted by Gasteiger charge is 2.57. The SMILES string of the molecule is C=C(CO[C@@H]1O[C@H](CO)[C@@H](O)[C@H](O)[C@H]1O)[C@H]1Cc2c(ccc3c2O[C@@H]2COc4cc(OC)c(OC)cc4[C@]2(O)C3=O)O1. The second-order valence-corrected chi connectivity index (χ2v) is 10.6. The van der Waals surface area contributed by atoms with Gasteiger partial charge in [0.05, 0.1) is 33.0 Å². The van der Waals surface area contributed by atoms with Crippen molar-refractivity contribution in [1.82, 2.24) is 0 Å². The molecule has 6 rings (SSSR count). The summed E-state index contributed by atoms with van der Waals surface area (Å²) in [5, 5.41) is 51.4. The van der Waals surface area contributed by atoms with E-state index in [2.05, 4.69) is 6.58 Å². The lowest BCUT2D eigenvalue weighted by molar-refractivity contribution is -0.299. The van der Waals surface area contributed by atoms with Crippen molar-refractivity contribution in [2.75, 3.05) is 34.0 Å². The number of hydrogen-bond acceptors (Lipinski definition) is 13. The van der Waals surface area contributed by atoms with Crippen LogP contribution >= 0.6 is 0 Å². The van der Waals surface area contributed by atoms with Gasteiger partial charge in [-0.25, -0.2) is 0 Å². The molecule has 13 nitrogen and oxygen atoms in total. The molecule has 13 heteroatoms. The predicted molar refractivity (Wildman–Crippen MR) is 141 cm³/mol. The number of hydrogen-bond donors (Lipinski definition) is 5. The molecule has 0 bridgehead atoms. The number of carbonyl (C=O) groups excluding carboxylic acids is 1. The normalized spacial score (nSPS) is 32.7. The summed E-state index contributed by atoms with van der Waals surface area (Å²) in [6, 6.07) is 6.23. The van der Waals surface area contributed by atoms with Gasteiger partial charge < -0.3 is 58.7 Å². The minimum atomic E-state index is -2.03. The zero-order valence-corrected chi connectivity index (χ0v) is 22.9. The van der Waals surface area contributed by atoms with Crippen LogP contribution in [0, 0.1) is 0 Å². The Hall–Kier alpha value is -3.43. The fraction of sp³-hybridized carbons (Fsp3) is 0.483. The lowest BCUT2D eigenvalue weighted by atomic mass is 9.77. The van der Waals surface area contributed by atoms with Crippen LogP contribution in [0.3, 0.4) is 0 Å². The zero-order valence-electron chi connectivity index (χ0n) is 22.9. The van der Waals surface area contributed by atoms with Crippen LogP contribution < -0.4 is 23.7 Å². The van der Waals surface area contributed by atoms with Crippen LogP contribution in [-0.2, 0) is 21.5 Å². The highest BCUT2D eigenvalue weighted by atomic mass is 16.7. The number of fused-ring (bicyclic) bond motifs is 6. The third-order valence-corrected chi connectivity index (χ3v) is 8.22. The summed E-state index contributed by atoms with van der Waals surface area (Å²) in [4.78, 5) is 13.9. The molecule has 0 aliphatic carbocycles. The first kappa shape index (κ1) is 28.7. The van der Waals surface area contributed by atoms with Crippen molar-refractivity contribution >= 4 is 5.78 Å². The van der Waals surface area contributed by atoms with E-state index in [1.54, 1.807) is 12.1 Å². The zero-order chi connectivity index (χ0) is 29.9. The number of Topliss-reactive ketones (excluding diaryl/α,β-unsaturated/α-hetero) is 1. The first-order valence-electron chi connectivity index (χ1n) is 13.4. The Bertz CT molecular complexity index is 1410. The molecule has 226 valence electrons. The Morgan fingerprint density at radius 2 is 1.79 bits per heavy atom. The molecule has 8 atom stereocenters. The van der Waals surface area contributed by atoms with Crippen LogP contribution in [0.5, 0.6) is 28.7 Å². The number of aliphatic hydroxyl groups is 5. The second kappa shape index (κ2) is 10.7. The third-order valence-electron chi connectivity index (χ3n) is 8.22. The van der Waals surface area contributed by atoms with Crippen molar-refractivity contribution in [1.29, 1.82) is 0 Å². The van der Waals surface area contributed by atoms with E-state index in [1.165, 1.54) is 26.4 Å². The van der Waals surface area contributed by atoms with Crippen LogP contribution in [0.25, 0.3) is 0 Å². The fourth-order valence-electron chi connectivity index (χ4n) is 5.79. The number of benzene rings is 2. The minimum Gasteiger partial charge on any atom is -0.493 e. The summed E-state index contributed by atoms with van der Waals surface area (Å²) in [6.45, 7) is 3.21. The number of rotatable bonds is 7. The van der Waals surface area contributed by atoms with Gasteiger partial charge in [-0.3, -0.25) is 4.79 Å². The van der Waals surface area contributed by atoms with E-state index >= 15 is 0 Å². The lowest BCUT2D eigenvalue weighted by Crippen LogP contribution is -2.59. The molecule has 2 aromatic rings. The first-order valence-corrected chi connectivity index (χ1v) is 13.4. The molecule has 1 saturated heterocycles. The number of ether oxygens (including phenoxy) is 7. The molecule has 4 aliphatic rings. The van der Waals surface area contributed by atoms with Crippen molar-refractivity contribution in [3.63, 3.8) is 0 Å². The van der Waals surface area contributed by atoms with Gasteiger partial charge in [-0.15, -0.1) is 0 Å². The molecular weight excluding hydrogens is 556 g/mol. The van der Waals surface area contributed by atoms with Gasteiger partial charge >= 0.3 is 0 Å². The molecule has 0 unspecified atom stereocenters. The van der Waals surface area contributed by atoms with Crippen molar-refractivity contribution in [3.8, 4) is 28.7 Å². The average molecular weight is 589 g/mol. The van der Waals surface area contributed by atoms with E-state index in [1.807, 2.05) is 0 Å². The Morgan fingerprint density at radius 3 is 2.50 bits per heavy atom. The number of carbonyl (C=O) groups is 1. The van der Waals surface area contributed by atoms with Crippen molar-refractivity contribution in [2.45, 2.75) is 54.9 Å². The van der Waals surface area contributed by atoms with Crippen molar-refractivity contribution < 1.29 is 63.5 Å². The summed E-state index contributed by atoms with van der Waals surface area (Å²) in [6.07, 6.45) is -8.41. The predicted octanol–water partition coefficient (Wildman–Crippen LogP) is -0.396. The largest absolute Gasteiger partial charge is 0.493 e. The molecule has 0 saturated carbocycles. The van der Waals surface area contributed by atoms with Crippen LogP contribution in [-0.4, -0.2) is 108 Å². The molecule has 4 heterocycles. The molecule has 0 radical (unpaired) electrons. The van der Waals surface area contributed by atoms with Crippen LogP contribution in [0.1, 0.15) is 21.5 Å². The van der Waals surface area contributed by atoms with Gasteiger partial charge in [0.15, 0.2) is 29.5 Å². The minimum absolute atomic E-state index is 0.0994. The molecule has 0 aromatic heterocycles. The highest BCUT2D eigenvalue weighted by molar-refractivity contribution is 6.07. The molecule has 4 aliphatic heterocycles. The smallest absolute Gasteiger partial charge is 0.206 e. The van der Waals surface area contributed by atoms with Crippen LogP contribution in [0.15, 0.2) is 36.4 Å². The van der Waals surface area contributed by atoms with Gasteiger partial charge in [-0.05, 0) is 23.8 Å². The molecule has 5 N–H and O–H groups in total. The maximum Gasteiger partial charge on any atom is 0.206 e. The Labute approximate surface area is 240 Å². The van der Waals surface area contributed by atoms with E-state index in [4.69, 9.17) is 33.2 Å². The van der Waals surface area contributed by atoms with E-state index < -0.39 is 60.9 Å². The summed E-state index contributed by atoms with van der Waals surface area (Å²) in [5.74, 6) is 1.19. The van der Waals surface area contributed by atoms with Crippen LogP contribution in [0.4, 0.5) is 0 Å². The van der Waals surface area contributed by atoms with Gasteiger partial charge in [0, 0.05) is 23.6 Å². The lowest BCUT2D eigenvalue weighted by Gasteiger charge is -2.43. The van der Waals surface area contributed by atoms with Gasteiger partial charge in [-0.1, -0.05) is 6.58 Å². The van der Waals surface area contributed by atoms with Crippen LogP contribution in [0.2, 0.25) is 0 Å². The molecule has 0 amide bonds. The third kappa shape index (κ3) is 4.31. The van der Waals surface area contributed by atoms with E-state index in [-0.39, 0.29) is 42.3 Å². The maximum absolute atomic E-state index is 13.9. The Morgan fingerprint density at radius 1 is 1.05 bits per heavy atom. The monoisotopic (exact) mass is 588 g/mol. The van der Waals surface area contributed by atoms with Gasteiger partial charge in [0.25, 0.3) is 0 Å². The van der Waals surface area contributed by atoms with Gasteiger partial charge in [0.2, 0.25) is 5.78 Å². The summed E-state index contributed by atoms with van der Waals surface area (Å²) in [7, 11) is 2.92. The van der Waals surface area contributed by atoms with Crippen molar-refractivity contribution in [2.24, 2.45) is 0 Å². The molecular formula is C29H32O13. The van der Waals surface area contributed by atoms with E-state index in [9.17, 15) is 30.3 Å². The van der Waals surface area contributed by atoms with E-state index in [0.717, 1.165) is 0 Å². The summed E-state index contributed by atoms with van der Waals surface area (Å²) < 4.78 is 39.9. The first-order chi connectivity index (χ1) is 20.1. The van der Waals surface area contributed by atoms with Gasteiger partial charge in [0.1, 0.15) is 54.4 Å². The van der Waals surface area contributed by atoms with Crippen molar-refractivity contribution in [3.05, 3.63) is 53.1 Å². The molecule has 2 aromatic carbocycles. The summed E-state index contributed by atoms with van der Waals surface area (Å²) >= 11 is 0. The number of aliphatic hydroxyl groups excluding tert-OH is 4. The average Bonchev–Trinajstić information content (AvgIpc) is 3.45.